The molecule has 0 amide bonds. The molecule has 0 aromatic rings. The number of hydrogen-bond donors (Lipinski definition) is 1. The Morgan fingerprint density at radius 1 is 1.29 bits per heavy atom. The third-order valence-electron chi connectivity index (χ3n) is 2.86. The van der Waals surface area contributed by atoms with Crippen molar-refractivity contribution < 1.29 is 14.6 Å². The van der Waals surface area contributed by atoms with E-state index in [0.29, 0.717) is 19.8 Å². The zero-order valence-electron chi connectivity index (χ0n) is 9.08. The largest absolute Gasteiger partial charge is 0.393 e. The van der Waals surface area contributed by atoms with Crippen LogP contribution in [0.3, 0.4) is 0 Å². The van der Waals surface area contributed by atoms with Crippen molar-refractivity contribution in [3.8, 4) is 0 Å². The van der Waals surface area contributed by atoms with Gasteiger partial charge in [-0.3, -0.25) is 0 Å². The molecule has 0 aliphatic heterocycles. The maximum atomic E-state index is 9.63. The lowest BCUT2D eigenvalue weighted by atomic mass is 9.81. The van der Waals surface area contributed by atoms with Crippen molar-refractivity contribution in [3.05, 3.63) is 0 Å². The van der Waals surface area contributed by atoms with E-state index >= 15 is 0 Å². The molecule has 84 valence electrons. The highest BCUT2D eigenvalue weighted by Gasteiger charge is 2.20. The lowest BCUT2D eigenvalue weighted by Gasteiger charge is -2.27. The predicted octanol–water partition coefficient (Wildman–Crippen LogP) is 1.59. The summed E-state index contributed by atoms with van der Waals surface area (Å²) >= 11 is 0. The molecule has 0 saturated heterocycles. The van der Waals surface area contributed by atoms with Gasteiger partial charge in [0.05, 0.1) is 19.3 Å². The van der Waals surface area contributed by atoms with Gasteiger partial charge in [-0.15, -0.1) is 0 Å². The molecule has 0 radical (unpaired) electrons. The monoisotopic (exact) mass is 202 g/mol. The van der Waals surface area contributed by atoms with Crippen molar-refractivity contribution >= 4 is 0 Å². The quantitative estimate of drug-likeness (QED) is 0.607. The van der Waals surface area contributed by atoms with Crippen molar-refractivity contribution in [2.75, 3.05) is 26.9 Å². The fraction of sp³-hybridized carbons (Fsp3) is 1.00. The minimum absolute atomic E-state index is 0.164. The molecular formula is C11H22O3. The molecule has 1 aliphatic rings. The molecule has 1 aliphatic carbocycles. The predicted molar refractivity (Wildman–Crippen MR) is 55.3 cm³/mol. The number of ether oxygens (including phenoxy) is 2. The Morgan fingerprint density at radius 3 is 2.64 bits per heavy atom. The van der Waals surface area contributed by atoms with E-state index in [9.17, 15) is 5.11 Å². The van der Waals surface area contributed by atoms with E-state index in [1.807, 2.05) is 0 Å². The average Bonchev–Trinajstić information content (AvgIpc) is 2.11. The van der Waals surface area contributed by atoms with E-state index in [0.717, 1.165) is 18.8 Å². The van der Waals surface area contributed by atoms with Crippen LogP contribution in [0.5, 0.6) is 0 Å². The first-order valence-electron chi connectivity index (χ1n) is 5.57. The van der Waals surface area contributed by atoms with Crippen LogP contribution in [0.25, 0.3) is 0 Å². The molecule has 1 fully saturated rings. The summed E-state index contributed by atoms with van der Waals surface area (Å²) in [6.45, 7) is 1.92. The van der Waals surface area contributed by atoms with E-state index < -0.39 is 0 Å². The van der Waals surface area contributed by atoms with Crippen LogP contribution >= 0.6 is 0 Å². The standard InChI is InChI=1S/C11H22O3/c1-13-7-8-14-6-5-11(12)9-10-3-2-4-10/h10-12H,2-9H2,1H3. The third kappa shape index (κ3) is 4.94. The Hall–Kier alpha value is -0.120. The van der Waals surface area contributed by atoms with Crippen LogP contribution in [0.15, 0.2) is 0 Å². The van der Waals surface area contributed by atoms with Crippen LogP contribution in [0.2, 0.25) is 0 Å². The fourth-order valence-corrected chi connectivity index (χ4v) is 1.69. The molecule has 0 bridgehead atoms. The summed E-state index contributed by atoms with van der Waals surface area (Å²) in [6, 6.07) is 0. The van der Waals surface area contributed by atoms with Crippen molar-refractivity contribution in [1.29, 1.82) is 0 Å². The van der Waals surface area contributed by atoms with Gasteiger partial charge >= 0.3 is 0 Å². The van der Waals surface area contributed by atoms with E-state index in [-0.39, 0.29) is 6.10 Å². The SMILES string of the molecule is COCCOCCC(O)CC1CCC1. The molecule has 3 heteroatoms. The normalized spacial score (nSPS) is 19.3. The van der Waals surface area contributed by atoms with Gasteiger partial charge in [0.2, 0.25) is 0 Å². The number of aliphatic hydroxyl groups excluding tert-OH is 1. The molecule has 3 nitrogen and oxygen atoms in total. The summed E-state index contributed by atoms with van der Waals surface area (Å²) in [5.74, 6) is 0.781. The number of rotatable bonds is 8. The molecule has 0 spiro atoms. The Labute approximate surface area is 86.4 Å². The summed E-state index contributed by atoms with van der Waals surface area (Å²) in [7, 11) is 1.66. The highest BCUT2D eigenvalue weighted by atomic mass is 16.5. The van der Waals surface area contributed by atoms with Gasteiger partial charge in [0.15, 0.2) is 0 Å². The van der Waals surface area contributed by atoms with Crippen LogP contribution in [0.4, 0.5) is 0 Å². The summed E-state index contributed by atoms with van der Waals surface area (Å²) in [6.07, 6.45) is 5.53. The lowest BCUT2D eigenvalue weighted by molar-refractivity contribution is 0.0377. The van der Waals surface area contributed by atoms with Gasteiger partial charge in [-0.2, -0.15) is 0 Å². The second-order valence-electron chi connectivity index (χ2n) is 4.08. The molecule has 1 saturated carbocycles. The van der Waals surface area contributed by atoms with Crippen molar-refractivity contribution in [2.45, 2.75) is 38.2 Å². The minimum atomic E-state index is -0.164. The van der Waals surface area contributed by atoms with Crippen LogP contribution in [0, 0.1) is 5.92 Å². The smallest absolute Gasteiger partial charge is 0.0700 e. The van der Waals surface area contributed by atoms with Crippen LogP contribution in [-0.4, -0.2) is 38.1 Å². The van der Waals surface area contributed by atoms with Gasteiger partial charge < -0.3 is 14.6 Å². The summed E-state index contributed by atoms with van der Waals surface area (Å²) in [5, 5.41) is 9.63. The second-order valence-corrected chi connectivity index (χ2v) is 4.08. The summed E-state index contributed by atoms with van der Waals surface area (Å²) < 4.78 is 10.1. The average molecular weight is 202 g/mol. The van der Waals surface area contributed by atoms with Crippen molar-refractivity contribution in [3.63, 3.8) is 0 Å². The number of hydrogen-bond acceptors (Lipinski definition) is 3. The van der Waals surface area contributed by atoms with Gasteiger partial charge in [0, 0.05) is 13.7 Å². The van der Waals surface area contributed by atoms with Gasteiger partial charge in [-0.1, -0.05) is 19.3 Å². The first kappa shape index (κ1) is 12.0. The van der Waals surface area contributed by atoms with E-state index in [1.54, 1.807) is 7.11 Å². The minimum Gasteiger partial charge on any atom is -0.393 e. The highest BCUT2D eigenvalue weighted by molar-refractivity contribution is 4.72. The molecule has 0 aromatic heterocycles. The van der Waals surface area contributed by atoms with Gasteiger partial charge in [0.25, 0.3) is 0 Å². The molecule has 1 atom stereocenters. The lowest BCUT2D eigenvalue weighted by Crippen LogP contribution is -2.20. The summed E-state index contributed by atoms with van der Waals surface area (Å²) in [4.78, 5) is 0. The van der Waals surface area contributed by atoms with E-state index in [2.05, 4.69) is 0 Å². The Balaban J connectivity index is 1.84. The fourth-order valence-electron chi connectivity index (χ4n) is 1.69. The molecule has 1 rings (SSSR count). The summed E-state index contributed by atoms with van der Waals surface area (Å²) in [5.41, 5.74) is 0. The topological polar surface area (TPSA) is 38.7 Å². The number of methoxy groups -OCH3 is 1. The molecule has 1 unspecified atom stereocenters. The Kier molecular flexibility index (Phi) is 6.15. The first-order chi connectivity index (χ1) is 6.83. The molecule has 14 heavy (non-hydrogen) atoms. The second kappa shape index (κ2) is 7.21. The van der Waals surface area contributed by atoms with Crippen LogP contribution in [0.1, 0.15) is 32.1 Å². The van der Waals surface area contributed by atoms with Crippen molar-refractivity contribution in [1.82, 2.24) is 0 Å². The third-order valence-corrected chi connectivity index (χ3v) is 2.86. The molecular weight excluding hydrogens is 180 g/mol. The Bertz CT molecular complexity index is 134. The van der Waals surface area contributed by atoms with Gasteiger partial charge in [0.1, 0.15) is 0 Å². The van der Waals surface area contributed by atoms with Gasteiger partial charge in [-0.05, 0) is 18.8 Å². The zero-order valence-corrected chi connectivity index (χ0v) is 9.08. The molecule has 0 heterocycles. The van der Waals surface area contributed by atoms with Crippen molar-refractivity contribution in [2.24, 2.45) is 5.92 Å². The molecule has 0 aromatic carbocycles. The Morgan fingerprint density at radius 2 is 2.07 bits per heavy atom. The first-order valence-corrected chi connectivity index (χ1v) is 5.57. The van der Waals surface area contributed by atoms with E-state index in [4.69, 9.17) is 9.47 Å². The highest BCUT2D eigenvalue weighted by Crippen LogP contribution is 2.30. The molecule has 1 N–H and O–H groups in total. The maximum Gasteiger partial charge on any atom is 0.0700 e. The van der Waals surface area contributed by atoms with Gasteiger partial charge in [-0.25, -0.2) is 0 Å². The number of aliphatic hydroxyl groups is 1. The maximum absolute atomic E-state index is 9.63. The zero-order chi connectivity index (χ0) is 10.2. The van der Waals surface area contributed by atoms with Crippen LogP contribution < -0.4 is 0 Å². The van der Waals surface area contributed by atoms with Crippen LogP contribution in [-0.2, 0) is 9.47 Å². The van der Waals surface area contributed by atoms with E-state index in [1.165, 1.54) is 19.3 Å².